The molecule has 14 heteroatoms. The Balaban J connectivity index is 1.79. The number of hydrogen-bond acceptors (Lipinski definition) is 3. The lowest BCUT2D eigenvalue weighted by Gasteiger charge is -2.28. The predicted molar refractivity (Wildman–Crippen MR) is 106 cm³/mol. The van der Waals surface area contributed by atoms with Crippen LogP contribution in [0.2, 0.25) is 0 Å². The van der Waals surface area contributed by atoms with Gasteiger partial charge in [-0.15, -0.1) is 0 Å². The Hall–Kier alpha value is -2.51. The summed E-state index contributed by atoms with van der Waals surface area (Å²) in [5, 5.41) is 6.91. The number of nitrogens with one attached hydrogen (secondary N) is 3. The van der Waals surface area contributed by atoms with Crippen molar-refractivity contribution in [3.8, 4) is 0 Å². The van der Waals surface area contributed by atoms with Gasteiger partial charge in [-0.1, -0.05) is 0 Å². The molecule has 0 saturated heterocycles. The molecule has 0 heterocycles. The van der Waals surface area contributed by atoms with Gasteiger partial charge in [-0.25, -0.2) is 0 Å². The topological polar surface area (TPSA) is 70.2 Å². The lowest BCUT2D eigenvalue weighted by Crippen LogP contribution is -2.40. The number of carbonyl (C=O) groups excluding carboxylic acids is 2. The van der Waals surface area contributed by atoms with E-state index in [1.807, 2.05) is 0 Å². The minimum atomic E-state index is -5.05. The molecule has 2 rings (SSSR count). The second kappa shape index (κ2) is 11.5. The van der Waals surface area contributed by atoms with Crippen LogP contribution >= 0.6 is 0 Å². The monoisotopic (exact) mass is 521 g/mol. The molecule has 3 N–H and O–H groups in total. The van der Waals surface area contributed by atoms with Gasteiger partial charge in [-0.05, 0) is 62.3 Å². The zero-order chi connectivity index (χ0) is 26.4. The van der Waals surface area contributed by atoms with Crippen molar-refractivity contribution in [1.82, 2.24) is 16.0 Å². The van der Waals surface area contributed by atoms with E-state index in [0.29, 0.717) is 44.4 Å². The summed E-state index contributed by atoms with van der Waals surface area (Å²) in [5.74, 6) is -1.74. The van der Waals surface area contributed by atoms with E-state index >= 15 is 0 Å². The number of hydrogen-bond donors (Lipinski definition) is 3. The van der Waals surface area contributed by atoms with Crippen LogP contribution in [-0.2, 0) is 17.1 Å². The average molecular weight is 521 g/mol. The highest BCUT2D eigenvalue weighted by atomic mass is 19.4. The first-order chi connectivity index (χ1) is 16.0. The van der Waals surface area contributed by atoms with Gasteiger partial charge < -0.3 is 16.0 Å². The molecule has 35 heavy (non-hydrogen) atoms. The number of carbonyl (C=O) groups is 2. The molecule has 0 aromatic heterocycles. The number of benzene rings is 1. The summed E-state index contributed by atoms with van der Waals surface area (Å²) in [6.45, 7) is -1.23. The molecular weight excluding hydrogens is 497 g/mol. The van der Waals surface area contributed by atoms with Gasteiger partial charge in [0.1, 0.15) is 6.54 Å². The molecule has 1 aromatic rings. The maximum absolute atomic E-state index is 13.0. The fraction of sp³-hybridized carbons (Fsp3) is 0.619. The maximum atomic E-state index is 13.0. The van der Waals surface area contributed by atoms with Crippen LogP contribution < -0.4 is 16.0 Å². The van der Waals surface area contributed by atoms with Crippen LogP contribution in [0.1, 0.15) is 47.2 Å². The number of amides is 2. The summed E-state index contributed by atoms with van der Waals surface area (Å²) >= 11 is 0. The van der Waals surface area contributed by atoms with E-state index < -0.39 is 53.6 Å². The minimum absolute atomic E-state index is 0.0434. The van der Waals surface area contributed by atoms with Crippen molar-refractivity contribution < 1.29 is 49.1 Å². The van der Waals surface area contributed by atoms with E-state index in [9.17, 15) is 49.1 Å². The summed E-state index contributed by atoms with van der Waals surface area (Å²) < 4.78 is 114. The molecule has 0 radical (unpaired) electrons. The third-order valence-corrected chi connectivity index (χ3v) is 5.57. The molecule has 1 fully saturated rings. The van der Waals surface area contributed by atoms with Crippen LogP contribution in [-0.4, -0.2) is 44.2 Å². The molecular formula is C21H24F9N3O2. The highest BCUT2D eigenvalue weighted by Gasteiger charge is 2.37. The van der Waals surface area contributed by atoms with Crippen molar-refractivity contribution in [2.75, 3.05) is 26.2 Å². The van der Waals surface area contributed by atoms with Crippen LogP contribution in [0.15, 0.2) is 18.2 Å². The van der Waals surface area contributed by atoms with Crippen LogP contribution in [0.4, 0.5) is 39.5 Å². The highest BCUT2D eigenvalue weighted by molar-refractivity contribution is 5.94. The molecule has 0 aliphatic heterocycles. The Bertz CT molecular complexity index is 842. The largest absolute Gasteiger partial charge is 0.416 e. The number of rotatable bonds is 8. The van der Waals surface area contributed by atoms with Gasteiger partial charge in [0.15, 0.2) is 0 Å². The zero-order valence-corrected chi connectivity index (χ0v) is 18.3. The van der Waals surface area contributed by atoms with Gasteiger partial charge in [0.2, 0.25) is 5.91 Å². The van der Waals surface area contributed by atoms with Crippen molar-refractivity contribution in [2.24, 2.45) is 11.8 Å². The summed E-state index contributed by atoms with van der Waals surface area (Å²) in [6, 6.07) is 0.696. The van der Waals surface area contributed by atoms with Crippen molar-refractivity contribution in [1.29, 1.82) is 0 Å². The molecule has 0 atom stereocenters. The molecule has 1 aliphatic rings. The molecule has 1 aliphatic carbocycles. The molecule has 0 unspecified atom stereocenters. The standard InChI is InChI=1S/C21H24F9N3O2/c22-19(23,24)11-33-17(34)10-31-8-12-1-3-13(4-2-12)9-32-18(35)14-5-15(20(25,26)27)7-16(6-14)21(28,29)30/h5-7,12-13,31H,1-4,8-11H2,(H,32,35)(H,33,34). The first-order valence-corrected chi connectivity index (χ1v) is 10.7. The lowest BCUT2D eigenvalue weighted by atomic mass is 9.82. The Morgan fingerprint density at radius 3 is 1.69 bits per heavy atom. The Morgan fingerprint density at radius 2 is 1.23 bits per heavy atom. The third-order valence-electron chi connectivity index (χ3n) is 5.57. The number of halogens is 9. The van der Waals surface area contributed by atoms with E-state index in [4.69, 9.17) is 0 Å². The van der Waals surface area contributed by atoms with E-state index in [1.54, 1.807) is 5.32 Å². The number of alkyl halides is 9. The van der Waals surface area contributed by atoms with E-state index in [1.165, 1.54) is 0 Å². The van der Waals surface area contributed by atoms with Gasteiger partial charge in [0, 0.05) is 12.1 Å². The SMILES string of the molecule is O=C(CNCC1CCC(CNC(=O)c2cc(C(F)(F)F)cc(C(F)(F)F)c2)CC1)NCC(F)(F)F. The second-order valence-electron chi connectivity index (χ2n) is 8.41. The summed E-state index contributed by atoms with van der Waals surface area (Å²) in [4.78, 5) is 23.6. The smallest absolute Gasteiger partial charge is 0.352 e. The Kier molecular flexibility index (Phi) is 9.42. The van der Waals surface area contributed by atoms with E-state index in [2.05, 4.69) is 10.6 Å². The van der Waals surface area contributed by atoms with Crippen LogP contribution in [0.3, 0.4) is 0 Å². The molecule has 1 saturated carbocycles. The fourth-order valence-electron chi connectivity index (χ4n) is 3.72. The van der Waals surface area contributed by atoms with Crippen LogP contribution in [0, 0.1) is 11.8 Å². The Morgan fingerprint density at radius 1 is 0.743 bits per heavy atom. The van der Waals surface area contributed by atoms with Gasteiger partial charge in [-0.2, -0.15) is 39.5 Å². The van der Waals surface area contributed by atoms with E-state index in [0.717, 1.165) is 0 Å². The molecule has 198 valence electrons. The Labute approximate surface area is 194 Å². The predicted octanol–water partition coefficient (Wildman–Crippen LogP) is 4.53. The molecule has 5 nitrogen and oxygen atoms in total. The van der Waals surface area contributed by atoms with Gasteiger partial charge in [-0.3, -0.25) is 9.59 Å². The molecule has 0 bridgehead atoms. The average Bonchev–Trinajstić information content (AvgIpc) is 2.75. The minimum Gasteiger partial charge on any atom is -0.352 e. The molecule has 1 aromatic carbocycles. The second-order valence-corrected chi connectivity index (χ2v) is 8.41. The summed E-state index contributed by atoms with van der Waals surface area (Å²) in [7, 11) is 0. The summed E-state index contributed by atoms with van der Waals surface area (Å²) in [6.07, 6.45) is -12.0. The van der Waals surface area contributed by atoms with Crippen LogP contribution in [0.5, 0.6) is 0 Å². The van der Waals surface area contributed by atoms with Crippen molar-refractivity contribution >= 4 is 11.8 Å². The van der Waals surface area contributed by atoms with E-state index in [-0.39, 0.29) is 31.0 Å². The van der Waals surface area contributed by atoms with Gasteiger partial charge in [0.25, 0.3) is 5.91 Å². The quantitative estimate of drug-likeness (QED) is 0.441. The molecule has 2 amide bonds. The summed E-state index contributed by atoms with van der Waals surface area (Å²) in [5.41, 5.74) is -3.89. The third kappa shape index (κ3) is 9.94. The highest BCUT2D eigenvalue weighted by Crippen LogP contribution is 2.36. The van der Waals surface area contributed by atoms with Gasteiger partial charge in [0.05, 0.1) is 17.7 Å². The fourth-order valence-corrected chi connectivity index (χ4v) is 3.72. The van der Waals surface area contributed by atoms with Gasteiger partial charge >= 0.3 is 18.5 Å². The van der Waals surface area contributed by atoms with Crippen molar-refractivity contribution in [3.05, 3.63) is 34.9 Å². The van der Waals surface area contributed by atoms with Crippen molar-refractivity contribution in [3.63, 3.8) is 0 Å². The normalized spacial score (nSPS) is 19.3. The lowest BCUT2D eigenvalue weighted by molar-refractivity contribution is -0.143. The van der Waals surface area contributed by atoms with Crippen molar-refractivity contribution in [2.45, 2.75) is 44.2 Å². The zero-order valence-electron chi connectivity index (χ0n) is 18.3. The molecule has 0 spiro atoms. The van der Waals surface area contributed by atoms with Crippen LogP contribution in [0.25, 0.3) is 0 Å². The first kappa shape index (κ1) is 28.7. The first-order valence-electron chi connectivity index (χ1n) is 10.7. The maximum Gasteiger partial charge on any atom is 0.416 e.